The van der Waals surface area contributed by atoms with Gasteiger partial charge in [0.05, 0.1) is 0 Å². The molecule has 1 aromatic heterocycles. The highest BCUT2D eigenvalue weighted by atomic mass is 19.4. The summed E-state index contributed by atoms with van der Waals surface area (Å²) in [5.74, 6) is -2.69. The summed E-state index contributed by atoms with van der Waals surface area (Å²) in [5.41, 5.74) is -0.0300. The fraction of sp³-hybridized carbons (Fsp3) is 0.625. The average Bonchev–Trinajstić information content (AvgIpc) is 2.59. The Hall–Kier alpha value is -1.64. The molecule has 0 atom stereocenters. The van der Waals surface area contributed by atoms with Crippen molar-refractivity contribution in [3.8, 4) is 0 Å². The summed E-state index contributed by atoms with van der Waals surface area (Å²) < 4.78 is 41.7. The van der Waals surface area contributed by atoms with Crippen LogP contribution in [0.5, 0.6) is 0 Å². The first-order chi connectivity index (χ1) is 7.77. The van der Waals surface area contributed by atoms with Gasteiger partial charge < -0.3 is 5.11 Å². The third kappa shape index (κ3) is 2.93. The van der Waals surface area contributed by atoms with Gasteiger partial charge in [-0.3, -0.25) is 14.6 Å². The van der Waals surface area contributed by atoms with Crippen LogP contribution in [0.3, 0.4) is 0 Å². The number of alkyl halides is 3. The topological polar surface area (TPSA) is 79.2 Å². The van der Waals surface area contributed by atoms with Crippen LogP contribution in [0, 0.1) is 0 Å². The summed E-state index contributed by atoms with van der Waals surface area (Å²) in [6.07, 6.45) is -5.03. The Morgan fingerprint density at radius 2 is 2.18 bits per heavy atom. The largest absolute Gasteiger partial charge is 0.471 e. The molecule has 0 unspecified atom stereocenters. The number of rotatable bonds is 3. The lowest BCUT2D eigenvalue weighted by atomic mass is 10.3. The maximum atomic E-state index is 12.0. The molecule has 96 valence electrons. The van der Waals surface area contributed by atoms with Gasteiger partial charge in [-0.1, -0.05) is 0 Å². The van der Waals surface area contributed by atoms with Crippen LogP contribution in [0.4, 0.5) is 19.1 Å². The normalized spacial score (nSPS) is 11.9. The number of aromatic nitrogens is 2. The van der Waals surface area contributed by atoms with E-state index in [9.17, 15) is 18.0 Å². The minimum Gasteiger partial charge on any atom is -0.385 e. The lowest BCUT2D eigenvalue weighted by Gasteiger charge is -2.03. The molecule has 6 nitrogen and oxygen atoms in total. The highest BCUT2D eigenvalue weighted by Crippen LogP contribution is 2.19. The summed E-state index contributed by atoms with van der Waals surface area (Å²) in [4.78, 5) is 10.7. The summed E-state index contributed by atoms with van der Waals surface area (Å²) in [5, 5.41) is 13.9. The molecule has 1 rings (SSSR count). The number of carbonyl (C=O) groups is 1. The molecule has 0 aromatic carbocycles. The number of hydrogen-bond acceptors (Lipinski definition) is 4. The molecule has 0 bridgehead atoms. The number of nitrogens with zero attached hydrogens (tertiary/aromatic N) is 2. The van der Waals surface area contributed by atoms with Crippen molar-refractivity contribution in [2.24, 2.45) is 0 Å². The minimum atomic E-state index is -5.03. The van der Waals surface area contributed by atoms with E-state index >= 15 is 0 Å². The first kappa shape index (κ1) is 13.4. The third-order valence-corrected chi connectivity index (χ3v) is 1.88. The Kier molecular flexibility index (Phi) is 3.71. The van der Waals surface area contributed by atoms with Crippen molar-refractivity contribution in [2.75, 3.05) is 5.32 Å². The number of aliphatic hydroxyl groups excluding tert-OH is 1. The second-order valence-corrected chi connectivity index (χ2v) is 3.50. The zero-order valence-electron chi connectivity index (χ0n) is 9.08. The monoisotopic (exact) mass is 254 g/mol. The highest BCUT2D eigenvalue weighted by Gasteiger charge is 2.41. The van der Waals surface area contributed by atoms with Gasteiger partial charge in [-0.15, -0.1) is 0 Å². The van der Waals surface area contributed by atoms with E-state index in [1.807, 2.05) is 0 Å². The zero-order valence-corrected chi connectivity index (χ0v) is 9.08. The van der Waals surface area contributed by atoms with Crippen molar-refractivity contribution in [1.82, 2.24) is 5.27 Å². The SMILES string of the molecule is CC(C)[n+]1noc(NC(=O)C(F)(F)F)c1CO. The summed E-state index contributed by atoms with van der Waals surface area (Å²) in [6, 6.07) is -0.225. The number of amides is 1. The van der Waals surface area contributed by atoms with Crippen molar-refractivity contribution in [1.29, 1.82) is 0 Å². The molecule has 2 N–H and O–H groups in total. The fourth-order valence-electron chi connectivity index (χ4n) is 1.11. The van der Waals surface area contributed by atoms with E-state index in [2.05, 4.69) is 9.79 Å². The van der Waals surface area contributed by atoms with E-state index in [0.29, 0.717) is 0 Å². The van der Waals surface area contributed by atoms with Gasteiger partial charge in [0, 0.05) is 13.8 Å². The molecule has 9 heteroatoms. The molecular formula is C8H11F3N3O3+. The smallest absolute Gasteiger partial charge is 0.385 e. The van der Waals surface area contributed by atoms with Crippen molar-refractivity contribution >= 4 is 11.8 Å². The molecule has 0 radical (unpaired) electrons. The van der Waals surface area contributed by atoms with Crippen molar-refractivity contribution in [3.05, 3.63) is 5.69 Å². The average molecular weight is 254 g/mol. The molecule has 0 spiro atoms. The van der Waals surface area contributed by atoms with Gasteiger partial charge in [-0.2, -0.15) is 13.2 Å². The molecule has 17 heavy (non-hydrogen) atoms. The quantitative estimate of drug-likeness (QED) is 0.771. The lowest BCUT2D eigenvalue weighted by molar-refractivity contribution is -0.786. The molecule has 1 amide bonds. The summed E-state index contributed by atoms with van der Waals surface area (Å²) >= 11 is 0. The first-order valence-corrected chi connectivity index (χ1v) is 4.66. The van der Waals surface area contributed by atoms with Crippen LogP contribution in [0.2, 0.25) is 0 Å². The predicted molar refractivity (Wildman–Crippen MR) is 47.7 cm³/mol. The van der Waals surface area contributed by atoms with E-state index < -0.39 is 24.6 Å². The fourth-order valence-corrected chi connectivity index (χ4v) is 1.11. The second-order valence-electron chi connectivity index (χ2n) is 3.50. The second kappa shape index (κ2) is 4.70. The molecule has 0 aliphatic carbocycles. The number of carbonyl (C=O) groups excluding carboxylic acids is 1. The maximum Gasteiger partial charge on any atom is 0.471 e. The zero-order chi connectivity index (χ0) is 13.2. The standard InChI is InChI=1S/C8H10F3N3O3/c1-4(2)14-5(3-15)6(17-13-14)12-7(16)8(9,10)11/h4,15H,3H2,1-2H3/p+1. The number of nitrogens with one attached hydrogen (secondary N) is 1. The lowest BCUT2D eigenvalue weighted by Crippen LogP contribution is -2.42. The Bertz CT molecular complexity index is 414. The van der Waals surface area contributed by atoms with Gasteiger partial charge in [-0.25, -0.2) is 0 Å². The van der Waals surface area contributed by atoms with Crippen molar-refractivity contribution in [3.63, 3.8) is 0 Å². The Morgan fingerprint density at radius 3 is 2.59 bits per heavy atom. The van der Waals surface area contributed by atoms with Crippen LogP contribution in [0.25, 0.3) is 0 Å². The Labute approximate surface area is 94.0 Å². The molecular weight excluding hydrogens is 243 g/mol. The molecule has 0 saturated carbocycles. The van der Waals surface area contributed by atoms with Crippen LogP contribution in [-0.2, 0) is 11.4 Å². The van der Waals surface area contributed by atoms with Crippen LogP contribution in [-0.4, -0.2) is 22.5 Å². The minimum absolute atomic E-state index is 0.0300. The van der Waals surface area contributed by atoms with Crippen LogP contribution >= 0.6 is 0 Å². The summed E-state index contributed by atoms with van der Waals surface area (Å²) in [6.45, 7) is 2.78. The van der Waals surface area contributed by atoms with Crippen LogP contribution in [0.15, 0.2) is 4.52 Å². The van der Waals surface area contributed by atoms with E-state index in [1.54, 1.807) is 13.8 Å². The van der Waals surface area contributed by atoms with E-state index in [-0.39, 0.29) is 11.7 Å². The molecule has 0 aliphatic rings. The number of halogens is 3. The van der Waals surface area contributed by atoms with Gasteiger partial charge in [0.2, 0.25) is 5.27 Å². The highest BCUT2D eigenvalue weighted by molar-refractivity contribution is 5.93. The number of hydrogen-bond donors (Lipinski definition) is 2. The third-order valence-electron chi connectivity index (χ3n) is 1.88. The van der Waals surface area contributed by atoms with Gasteiger partial charge >= 0.3 is 18.0 Å². The molecule has 0 aliphatic heterocycles. The number of anilines is 1. The van der Waals surface area contributed by atoms with Crippen molar-refractivity contribution in [2.45, 2.75) is 32.7 Å². The van der Waals surface area contributed by atoms with Gasteiger partial charge in [-0.05, 0) is 4.68 Å². The molecule has 1 heterocycles. The Balaban J connectivity index is 2.97. The van der Waals surface area contributed by atoms with Gasteiger partial charge in [0.15, 0.2) is 6.04 Å². The molecule has 0 fully saturated rings. The number of aliphatic hydroxyl groups is 1. The Morgan fingerprint density at radius 1 is 1.59 bits per heavy atom. The summed E-state index contributed by atoms with van der Waals surface area (Å²) in [7, 11) is 0. The van der Waals surface area contributed by atoms with E-state index in [1.165, 1.54) is 10.00 Å². The first-order valence-electron chi connectivity index (χ1n) is 4.66. The molecule has 1 aromatic rings. The van der Waals surface area contributed by atoms with Crippen LogP contribution < -0.4 is 10.00 Å². The van der Waals surface area contributed by atoms with Crippen LogP contribution in [0.1, 0.15) is 25.6 Å². The predicted octanol–water partition coefficient (Wildman–Crippen LogP) is 0.536. The van der Waals surface area contributed by atoms with E-state index in [4.69, 9.17) is 5.11 Å². The van der Waals surface area contributed by atoms with Gasteiger partial charge in [0.1, 0.15) is 6.61 Å². The molecule has 0 saturated heterocycles. The van der Waals surface area contributed by atoms with Crippen molar-refractivity contribution < 1.29 is 32.3 Å². The van der Waals surface area contributed by atoms with Gasteiger partial charge in [0.25, 0.3) is 5.69 Å². The maximum absolute atomic E-state index is 12.0. The van der Waals surface area contributed by atoms with E-state index in [0.717, 1.165) is 0 Å².